The Hall–Kier alpha value is -2.88. The van der Waals surface area contributed by atoms with E-state index in [1.807, 2.05) is 19.1 Å². The molecule has 1 aliphatic rings. The molecule has 0 saturated carbocycles. The number of aromatic amines is 1. The number of benzene rings is 1. The molecule has 1 aromatic carbocycles. The molecule has 0 aliphatic carbocycles. The average Bonchev–Trinajstić information content (AvgIpc) is 3.26. The highest BCUT2D eigenvalue weighted by molar-refractivity contribution is 5.85. The Morgan fingerprint density at radius 3 is 2.56 bits per heavy atom. The van der Waals surface area contributed by atoms with Crippen molar-refractivity contribution in [3.63, 3.8) is 0 Å². The highest BCUT2D eigenvalue weighted by atomic mass is 35.5. The Labute approximate surface area is 198 Å². The monoisotopic (exact) mass is 479 g/mol. The lowest BCUT2D eigenvalue weighted by Gasteiger charge is -2.36. The topological polar surface area (TPSA) is 124 Å². The average molecular weight is 480 g/mol. The van der Waals surface area contributed by atoms with Crippen LogP contribution in [0.15, 0.2) is 42.9 Å². The summed E-state index contributed by atoms with van der Waals surface area (Å²) in [6.07, 6.45) is 3.71. The summed E-state index contributed by atoms with van der Waals surface area (Å²) in [5.74, 6) is 1.37. The number of nitrogens with zero attached hydrogens (tertiary/aromatic N) is 5. The first-order chi connectivity index (χ1) is 14.5. The maximum atomic E-state index is 12.7. The predicted molar refractivity (Wildman–Crippen MR) is 127 cm³/mol. The summed E-state index contributed by atoms with van der Waals surface area (Å²) in [5, 5.41) is 10.1. The molecule has 172 valence electrons. The summed E-state index contributed by atoms with van der Waals surface area (Å²) in [7, 11) is 0. The van der Waals surface area contributed by atoms with Crippen LogP contribution >= 0.6 is 24.8 Å². The van der Waals surface area contributed by atoms with Crippen molar-refractivity contribution in [2.24, 2.45) is 5.73 Å². The molecule has 0 spiro atoms. The van der Waals surface area contributed by atoms with E-state index in [1.165, 1.54) is 0 Å². The zero-order chi connectivity index (χ0) is 21.1. The van der Waals surface area contributed by atoms with Gasteiger partial charge in [0.2, 0.25) is 5.91 Å². The van der Waals surface area contributed by atoms with Crippen LogP contribution in [0.1, 0.15) is 11.4 Å². The Morgan fingerprint density at radius 2 is 1.91 bits per heavy atom. The number of aromatic hydroxyl groups is 1. The lowest BCUT2D eigenvalue weighted by atomic mass is 10.1. The van der Waals surface area contributed by atoms with Crippen LogP contribution in [0.25, 0.3) is 11.4 Å². The van der Waals surface area contributed by atoms with Gasteiger partial charge in [0.15, 0.2) is 5.82 Å². The highest BCUT2D eigenvalue weighted by Crippen LogP contribution is 2.28. The van der Waals surface area contributed by atoms with Gasteiger partial charge in [0.25, 0.3) is 0 Å². The minimum absolute atomic E-state index is 0. The molecule has 4 rings (SSSR count). The van der Waals surface area contributed by atoms with Crippen molar-refractivity contribution in [1.82, 2.24) is 24.8 Å². The number of phenolic OH excluding ortho intramolecular Hbond substituents is 1. The van der Waals surface area contributed by atoms with E-state index >= 15 is 0 Å². The highest BCUT2D eigenvalue weighted by Gasteiger charge is 2.26. The van der Waals surface area contributed by atoms with E-state index in [9.17, 15) is 9.90 Å². The molecule has 0 unspecified atom stereocenters. The smallest absolute Gasteiger partial charge is 0.240 e. The van der Waals surface area contributed by atoms with Crippen LogP contribution in [0.4, 0.5) is 5.82 Å². The van der Waals surface area contributed by atoms with Crippen LogP contribution in [0.5, 0.6) is 5.75 Å². The van der Waals surface area contributed by atoms with E-state index in [-0.39, 0.29) is 36.5 Å². The maximum Gasteiger partial charge on any atom is 0.240 e. The number of anilines is 1. The molecule has 1 amide bonds. The second kappa shape index (κ2) is 11.1. The van der Waals surface area contributed by atoms with Crippen molar-refractivity contribution in [3.8, 4) is 17.1 Å². The van der Waals surface area contributed by atoms with Crippen molar-refractivity contribution in [2.45, 2.75) is 19.4 Å². The van der Waals surface area contributed by atoms with Gasteiger partial charge in [-0.2, -0.15) is 0 Å². The van der Waals surface area contributed by atoms with E-state index in [0.717, 1.165) is 17.2 Å². The number of phenols is 1. The summed E-state index contributed by atoms with van der Waals surface area (Å²) in [6.45, 7) is 4.36. The molecule has 1 saturated heterocycles. The summed E-state index contributed by atoms with van der Waals surface area (Å²) in [4.78, 5) is 32.7. The number of halogens is 2. The van der Waals surface area contributed by atoms with Crippen LogP contribution in [-0.4, -0.2) is 68.1 Å². The number of nitrogens with two attached hydrogens (primary N) is 1. The number of carbonyl (C=O) groups is 1. The van der Waals surface area contributed by atoms with Gasteiger partial charge < -0.3 is 25.6 Å². The molecule has 1 aliphatic heterocycles. The molecule has 3 heterocycles. The standard InChI is InChI=1S/C21H25N7O2.2ClH/c1-14-10-19(26-20(25-14)16-4-2-3-5-18(16)29)27-6-8-28(9-7-27)21(30)17(22)11-15-12-23-13-24-15;;/h2-5,10,12-13,17,29H,6-9,11,22H2,1H3,(H,23,24);2*1H/t17-;;/m0../s1. The molecule has 1 atom stereocenters. The zero-order valence-electron chi connectivity index (χ0n) is 17.6. The molecule has 11 heteroatoms. The van der Waals surface area contributed by atoms with E-state index < -0.39 is 6.04 Å². The molecule has 0 bridgehead atoms. The number of carbonyl (C=O) groups excluding carboxylic acids is 1. The number of aryl methyl sites for hydroxylation is 1. The number of imidazole rings is 1. The number of para-hydroxylation sites is 1. The second-order valence-electron chi connectivity index (χ2n) is 7.41. The van der Waals surface area contributed by atoms with Gasteiger partial charge >= 0.3 is 0 Å². The lowest BCUT2D eigenvalue weighted by molar-refractivity contribution is -0.132. The summed E-state index contributed by atoms with van der Waals surface area (Å²) < 4.78 is 0. The van der Waals surface area contributed by atoms with Gasteiger partial charge in [-0.1, -0.05) is 12.1 Å². The number of H-pyrrole nitrogens is 1. The molecule has 2 aromatic heterocycles. The number of piperazine rings is 1. The van der Waals surface area contributed by atoms with Crippen molar-refractivity contribution < 1.29 is 9.90 Å². The lowest BCUT2D eigenvalue weighted by Crippen LogP contribution is -2.53. The van der Waals surface area contributed by atoms with Crippen molar-refractivity contribution in [3.05, 3.63) is 54.2 Å². The van der Waals surface area contributed by atoms with Crippen LogP contribution in [0, 0.1) is 6.92 Å². The van der Waals surface area contributed by atoms with Crippen molar-refractivity contribution >= 4 is 36.5 Å². The summed E-state index contributed by atoms with van der Waals surface area (Å²) in [6, 6.07) is 8.36. The molecular weight excluding hydrogens is 453 g/mol. The minimum Gasteiger partial charge on any atom is -0.507 e. The predicted octanol–water partition coefficient (Wildman–Crippen LogP) is 1.94. The molecule has 4 N–H and O–H groups in total. The molecule has 3 aromatic rings. The van der Waals surface area contributed by atoms with Crippen molar-refractivity contribution in [2.75, 3.05) is 31.1 Å². The second-order valence-corrected chi connectivity index (χ2v) is 7.41. The van der Waals surface area contributed by atoms with Gasteiger partial charge in [-0.3, -0.25) is 4.79 Å². The van der Waals surface area contributed by atoms with Gasteiger partial charge in [0.05, 0.1) is 17.9 Å². The van der Waals surface area contributed by atoms with E-state index in [1.54, 1.807) is 35.6 Å². The van der Waals surface area contributed by atoms with Gasteiger partial charge in [-0.25, -0.2) is 15.0 Å². The van der Waals surface area contributed by atoms with Crippen LogP contribution in [0.3, 0.4) is 0 Å². The summed E-state index contributed by atoms with van der Waals surface area (Å²) >= 11 is 0. The molecule has 0 radical (unpaired) electrons. The molecule has 32 heavy (non-hydrogen) atoms. The molecule has 9 nitrogen and oxygen atoms in total. The third-order valence-corrected chi connectivity index (χ3v) is 5.21. The van der Waals surface area contributed by atoms with Gasteiger partial charge in [-0.15, -0.1) is 24.8 Å². The number of hydrogen-bond donors (Lipinski definition) is 3. The first-order valence-electron chi connectivity index (χ1n) is 9.92. The van der Waals surface area contributed by atoms with E-state index in [2.05, 4.69) is 24.8 Å². The maximum absolute atomic E-state index is 12.7. The number of hydrogen-bond acceptors (Lipinski definition) is 7. The van der Waals surface area contributed by atoms with Crippen LogP contribution in [-0.2, 0) is 11.2 Å². The van der Waals surface area contributed by atoms with Crippen LogP contribution in [0.2, 0.25) is 0 Å². The van der Waals surface area contributed by atoms with Gasteiger partial charge in [-0.05, 0) is 19.1 Å². The van der Waals surface area contributed by atoms with Crippen LogP contribution < -0.4 is 10.6 Å². The Morgan fingerprint density at radius 1 is 1.19 bits per heavy atom. The Balaban J connectivity index is 0.00000181. The van der Waals surface area contributed by atoms with Gasteiger partial charge in [0, 0.05) is 56.3 Å². The fourth-order valence-corrected chi connectivity index (χ4v) is 3.61. The number of aromatic nitrogens is 4. The third-order valence-electron chi connectivity index (χ3n) is 5.21. The Bertz CT molecular complexity index is 1020. The molecular formula is C21H27Cl2N7O2. The van der Waals surface area contributed by atoms with Gasteiger partial charge in [0.1, 0.15) is 11.6 Å². The largest absolute Gasteiger partial charge is 0.507 e. The summed E-state index contributed by atoms with van der Waals surface area (Å²) in [5.41, 5.74) is 8.37. The zero-order valence-corrected chi connectivity index (χ0v) is 19.3. The Kier molecular flexibility index (Phi) is 8.82. The number of rotatable bonds is 5. The quantitative estimate of drug-likeness (QED) is 0.510. The van der Waals surface area contributed by atoms with E-state index in [4.69, 9.17) is 5.73 Å². The third kappa shape index (κ3) is 5.67. The fourth-order valence-electron chi connectivity index (χ4n) is 3.61. The molecule has 1 fully saturated rings. The first-order valence-corrected chi connectivity index (χ1v) is 9.92. The SMILES string of the molecule is Cc1cc(N2CCN(C(=O)[C@@H](N)Cc3cnc[nH]3)CC2)nc(-c2ccccc2O)n1.Cl.Cl. The fraction of sp³-hybridized carbons (Fsp3) is 0.333. The van der Waals surface area contributed by atoms with E-state index in [0.29, 0.717) is 44.0 Å². The number of amides is 1. The first kappa shape index (κ1) is 25.4. The normalized spacial score (nSPS) is 14.3. The van der Waals surface area contributed by atoms with Crippen molar-refractivity contribution in [1.29, 1.82) is 0 Å². The minimum atomic E-state index is -0.592. The number of nitrogens with one attached hydrogen (secondary N) is 1.